The van der Waals surface area contributed by atoms with E-state index >= 15 is 0 Å². The molecule has 0 fully saturated rings. The SMILES string of the molecule is Cc1ccc(CN(C)C(=O)CSCCC(C)N)o1. The van der Waals surface area contributed by atoms with Crippen molar-refractivity contribution in [3.05, 3.63) is 23.7 Å². The molecule has 0 saturated carbocycles. The molecule has 1 aromatic rings. The minimum absolute atomic E-state index is 0.124. The van der Waals surface area contributed by atoms with Crippen LogP contribution >= 0.6 is 11.8 Å². The molecular formula is C13H22N2O2S. The van der Waals surface area contributed by atoms with Crippen molar-refractivity contribution in [2.75, 3.05) is 18.6 Å². The van der Waals surface area contributed by atoms with Gasteiger partial charge in [0, 0.05) is 13.1 Å². The topological polar surface area (TPSA) is 59.5 Å². The highest BCUT2D eigenvalue weighted by Crippen LogP contribution is 2.10. The van der Waals surface area contributed by atoms with E-state index in [4.69, 9.17) is 10.2 Å². The zero-order chi connectivity index (χ0) is 13.5. The van der Waals surface area contributed by atoms with Crippen molar-refractivity contribution in [1.82, 2.24) is 4.90 Å². The highest BCUT2D eigenvalue weighted by Gasteiger charge is 2.11. The molecule has 0 spiro atoms. The number of thioether (sulfide) groups is 1. The summed E-state index contributed by atoms with van der Waals surface area (Å²) < 4.78 is 5.44. The number of hydrogen-bond acceptors (Lipinski definition) is 4. The van der Waals surface area contributed by atoms with Gasteiger partial charge in [0.05, 0.1) is 12.3 Å². The maximum Gasteiger partial charge on any atom is 0.232 e. The van der Waals surface area contributed by atoms with Gasteiger partial charge in [0.15, 0.2) is 0 Å². The average molecular weight is 270 g/mol. The fourth-order valence-electron chi connectivity index (χ4n) is 1.43. The third-order valence-corrected chi connectivity index (χ3v) is 3.53. The molecule has 1 heterocycles. The lowest BCUT2D eigenvalue weighted by Gasteiger charge is -2.15. The Balaban J connectivity index is 2.24. The molecule has 1 rings (SSSR count). The number of aryl methyl sites for hydroxylation is 1. The average Bonchev–Trinajstić information content (AvgIpc) is 2.69. The van der Waals surface area contributed by atoms with Crippen molar-refractivity contribution in [1.29, 1.82) is 0 Å². The Labute approximate surface area is 113 Å². The minimum atomic E-state index is 0.124. The van der Waals surface area contributed by atoms with Crippen LogP contribution in [-0.4, -0.2) is 35.4 Å². The van der Waals surface area contributed by atoms with Crippen molar-refractivity contribution in [2.24, 2.45) is 5.73 Å². The number of nitrogens with two attached hydrogens (primary N) is 1. The zero-order valence-corrected chi connectivity index (χ0v) is 12.1. The monoisotopic (exact) mass is 270 g/mol. The molecule has 2 N–H and O–H groups in total. The quantitative estimate of drug-likeness (QED) is 0.770. The maximum atomic E-state index is 11.8. The standard InChI is InChI=1S/C13H22N2O2S/c1-10(14)6-7-18-9-13(16)15(3)8-12-5-4-11(2)17-12/h4-5,10H,6-9,14H2,1-3H3. The largest absolute Gasteiger partial charge is 0.464 e. The van der Waals surface area contributed by atoms with Crippen molar-refractivity contribution in [2.45, 2.75) is 32.9 Å². The van der Waals surface area contributed by atoms with Gasteiger partial charge < -0.3 is 15.1 Å². The molecular weight excluding hydrogens is 248 g/mol. The normalized spacial score (nSPS) is 12.4. The first-order valence-electron chi connectivity index (χ1n) is 6.11. The van der Waals surface area contributed by atoms with Crippen molar-refractivity contribution in [3.8, 4) is 0 Å². The maximum absolute atomic E-state index is 11.8. The molecule has 1 atom stereocenters. The van der Waals surface area contributed by atoms with E-state index in [2.05, 4.69) is 0 Å². The molecule has 4 nitrogen and oxygen atoms in total. The van der Waals surface area contributed by atoms with E-state index in [1.165, 1.54) is 0 Å². The molecule has 1 unspecified atom stereocenters. The molecule has 18 heavy (non-hydrogen) atoms. The lowest BCUT2D eigenvalue weighted by atomic mass is 10.3. The van der Waals surface area contributed by atoms with Gasteiger partial charge in [-0.15, -0.1) is 0 Å². The number of furan rings is 1. The van der Waals surface area contributed by atoms with E-state index in [1.54, 1.807) is 23.7 Å². The zero-order valence-electron chi connectivity index (χ0n) is 11.3. The second kappa shape index (κ2) is 7.48. The van der Waals surface area contributed by atoms with E-state index in [-0.39, 0.29) is 11.9 Å². The first-order valence-corrected chi connectivity index (χ1v) is 7.27. The first kappa shape index (κ1) is 15.1. The summed E-state index contributed by atoms with van der Waals surface area (Å²) in [4.78, 5) is 13.5. The van der Waals surface area contributed by atoms with E-state index in [0.29, 0.717) is 12.3 Å². The predicted molar refractivity (Wildman–Crippen MR) is 75.5 cm³/mol. The van der Waals surface area contributed by atoms with Gasteiger partial charge in [-0.05, 0) is 38.2 Å². The molecule has 1 aromatic heterocycles. The van der Waals surface area contributed by atoms with Crippen LogP contribution in [0.3, 0.4) is 0 Å². The molecule has 0 aliphatic carbocycles. The smallest absolute Gasteiger partial charge is 0.232 e. The summed E-state index contributed by atoms with van der Waals surface area (Å²) >= 11 is 1.63. The molecule has 0 aliphatic rings. The van der Waals surface area contributed by atoms with Gasteiger partial charge in [-0.25, -0.2) is 0 Å². The fourth-order valence-corrected chi connectivity index (χ4v) is 2.51. The van der Waals surface area contributed by atoms with Crippen LogP contribution in [0.5, 0.6) is 0 Å². The van der Waals surface area contributed by atoms with Gasteiger partial charge in [0.2, 0.25) is 5.91 Å². The Bertz CT molecular complexity index is 377. The second-order valence-electron chi connectivity index (χ2n) is 4.58. The van der Waals surface area contributed by atoms with Crippen molar-refractivity contribution >= 4 is 17.7 Å². The van der Waals surface area contributed by atoms with E-state index in [0.717, 1.165) is 23.7 Å². The van der Waals surface area contributed by atoms with Crippen LogP contribution in [0, 0.1) is 6.92 Å². The van der Waals surface area contributed by atoms with Crippen LogP contribution in [0.15, 0.2) is 16.5 Å². The van der Waals surface area contributed by atoms with Crippen LogP contribution < -0.4 is 5.73 Å². The van der Waals surface area contributed by atoms with Crippen molar-refractivity contribution < 1.29 is 9.21 Å². The van der Waals surface area contributed by atoms with Gasteiger partial charge in [0.1, 0.15) is 11.5 Å². The van der Waals surface area contributed by atoms with E-state index < -0.39 is 0 Å². The predicted octanol–water partition coefficient (Wildman–Crippen LogP) is 2.02. The Morgan fingerprint density at radius 2 is 2.28 bits per heavy atom. The molecule has 102 valence electrons. The van der Waals surface area contributed by atoms with Crippen LogP contribution in [0.25, 0.3) is 0 Å². The number of carbonyl (C=O) groups is 1. The number of amides is 1. The first-order chi connectivity index (χ1) is 8.49. The lowest BCUT2D eigenvalue weighted by molar-refractivity contribution is -0.127. The van der Waals surface area contributed by atoms with Crippen molar-refractivity contribution in [3.63, 3.8) is 0 Å². The second-order valence-corrected chi connectivity index (χ2v) is 5.69. The summed E-state index contributed by atoms with van der Waals surface area (Å²) in [6, 6.07) is 4.02. The van der Waals surface area contributed by atoms with Gasteiger partial charge in [-0.3, -0.25) is 4.79 Å². The Hall–Kier alpha value is -0.940. The summed E-state index contributed by atoms with van der Waals surface area (Å²) in [6.07, 6.45) is 0.943. The summed E-state index contributed by atoms with van der Waals surface area (Å²) in [5.74, 6) is 3.25. The number of nitrogens with zero attached hydrogens (tertiary/aromatic N) is 1. The Morgan fingerprint density at radius 1 is 1.56 bits per heavy atom. The van der Waals surface area contributed by atoms with Crippen LogP contribution in [0.4, 0.5) is 0 Å². The fraction of sp³-hybridized carbons (Fsp3) is 0.615. The Morgan fingerprint density at radius 3 is 2.83 bits per heavy atom. The molecule has 1 amide bonds. The number of rotatable bonds is 7. The lowest BCUT2D eigenvalue weighted by Crippen LogP contribution is -2.28. The number of hydrogen-bond donors (Lipinski definition) is 1. The highest BCUT2D eigenvalue weighted by atomic mass is 32.2. The van der Waals surface area contributed by atoms with Crippen LogP contribution in [0.1, 0.15) is 24.9 Å². The summed E-state index contributed by atoms with van der Waals surface area (Å²) in [6.45, 7) is 4.41. The molecule has 0 bridgehead atoms. The number of carbonyl (C=O) groups excluding carboxylic acids is 1. The molecule has 0 radical (unpaired) electrons. The van der Waals surface area contributed by atoms with Gasteiger partial charge in [-0.1, -0.05) is 0 Å². The third-order valence-electron chi connectivity index (χ3n) is 2.56. The van der Waals surface area contributed by atoms with Crippen LogP contribution in [0.2, 0.25) is 0 Å². The molecule has 0 aliphatic heterocycles. The van der Waals surface area contributed by atoms with Crippen LogP contribution in [-0.2, 0) is 11.3 Å². The molecule has 0 saturated heterocycles. The highest BCUT2D eigenvalue weighted by molar-refractivity contribution is 7.99. The summed E-state index contributed by atoms with van der Waals surface area (Å²) in [7, 11) is 1.80. The molecule has 0 aromatic carbocycles. The summed E-state index contributed by atoms with van der Waals surface area (Å²) in [5, 5.41) is 0. The van der Waals surface area contributed by atoms with Gasteiger partial charge >= 0.3 is 0 Å². The summed E-state index contributed by atoms with van der Waals surface area (Å²) in [5.41, 5.74) is 5.65. The van der Waals surface area contributed by atoms with E-state index in [1.807, 2.05) is 26.0 Å². The third kappa shape index (κ3) is 5.60. The van der Waals surface area contributed by atoms with Gasteiger partial charge in [0.25, 0.3) is 0 Å². The molecule has 5 heteroatoms. The van der Waals surface area contributed by atoms with E-state index in [9.17, 15) is 4.79 Å². The Kier molecular flexibility index (Phi) is 6.29. The van der Waals surface area contributed by atoms with Gasteiger partial charge in [-0.2, -0.15) is 11.8 Å². The minimum Gasteiger partial charge on any atom is -0.464 e.